The van der Waals surface area contributed by atoms with Gasteiger partial charge >= 0.3 is 7.60 Å². The lowest BCUT2D eigenvalue weighted by Gasteiger charge is -2.17. The maximum absolute atomic E-state index is 12.4. The fourth-order valence-corrected chi connectivity index (χ4v) is 3.27. The summed E-state index contributed by atoms with van der Waals surface area (Å²) in [6.45, 7) is 4.37. The number of benzene rings is 1. The van der Waals surface area contributed by atoms with E-state index < -0.39 is 7.60 Å². The molecule has 0 fully saturated rings. The van der Waals surface area contributed by atoms with E-state index in [1.807, 2.05) is 32.2 Å². The van der Waals surface area contributed by atoms with Crippen LogP contribution in [0.2, 0.25) is 0 Å². The highest BCUT2D eigenvalue weighted by molar-refractivity contribution is 7.98. The number of hydrogen-bond donors (Lipinski definition) is 0. The summed E-state index contributed by atoms with van der Waals surface area (Å²) >= 11 is 1.64. The summed E-state index contributed by atoms with van der Waals surface area (Å²) in [7, 11) is -3.11. The zero-order chi connectivity index (χ0) is 12.0. The molecule has 3 nitrogen and oxygen atoms in total. The van der Waals surface area contributed by atoms with Crippen LogP contribution in [-0.2, 0) is 13.6 Å². The first-order valence-corrected chi connectivity index (χ1v) is 7.96. The Kier molecular flexibility index (Phi) is 5.56. The molecule has 0 aromatic heterocycles. The predicted molar refractivity (Wildman–Crippen MR) is 68.7 cm³/mol. The average Bonchev–Trinajstić information content (AvgIpc) is 2.30. The van der Waals surface area contributed by atoms with Gasteiger partial charge in [-0.3, -0.25) is 4.57 Å². The molecule has 0 heterocycles. The first-order chi connectivity index (χ1) is 7.66. The van der Waals surface area contributed by atoms with Crippen LogP contribution < -0.4 is 5.30 Å². The molecule has 16 heavy (non-hydrogen) atoms. The van der Waals surface area contributed by atoms with Gasteiger partial charge in [-0.15, -0.1) is 11.8 Å². The van der Waals surface area contributed by atoms with Gasteiger partial charge in [-0.05, 0) is 44.4 Å². The van der Waals surface area contributed by atoms with Gasteiger partial charge < -0.3 is 9.05 Å². The van der Waals surface area contributed by atoms with Gasteiger partial charge in [0.15, 0.2) is 0 Å². The summed E-state index contributed by atoms with van der Waals surface area (Å²) in [5, 5.41) is 0.619. The summed E-state index contributed by atoms with van der Waals surface area (Å²) in [5.41, 5.74) is 0. The van der Waals surface area contributed by atoms with Crippen LogP contribution in [0.3, 0.4) is 0 Å². The summed E-state index contributed by atoms with van der Waals surface area (Å²) in [4.78, 5) is 1.13. The molecule has 0 aliphatic rings. The molecule has 1 rings (SSSR count). The summed E-state index contributed by atoms with van der Waals surface area (Å²) in [5.74, 6) is 0. The fraction of sp³-hybridized carbons (Fsp3) is 0.455. The van der Waals surface area contributed by atoms with E-state index in [0.717, 1.165) is 4.90 Å². The highest BCUT2D eigenvalue weighted by Crippen LogP contribution is 2.46. The average molecular weight is 260 g/mol. The normalized spacial score (nSPS) is 11.7. The monoisotopic (exact) mass is 260 g/mol. The van der Waals surface area contributed by atoms with E-state index in [1.165, 1.54) is 0 Å². The van der Waals surface area contributed by atoms with Gasteiger partial charge in [-0.2, -0.15) is 0 Å². The third kappa shape index (κ3) is 3.36. The lowest BCUT2D eigenvalue weighted by atomic mass is 10.4. The highest BCUT2D eigenvalue weighted by atomic mass is 32.2. The van der Waals surface area contributed by atoms with Crippen LogP contribution in [0.1, 0.15) is 13.8 Å². The van der Waals surface area contributed by atoms with E-state index in [9.17, 15) is 4.57 Å². The van der Waals surface area contributed by atoms with E-state index in [1.54, 1.807) is 23.9 Å². The second kappa shape index (κ2) is 6.45. The summed E-state index contributed by atoms with van der Waals surface area (Å²) < 4.78 is 22.9. The third-order valence-corrected chi connectivity index (χ3v) is 4.86. The largest absolute Gasteiger partial charge is 0.361 e. The molecule has 90 valence electrons. The van der Waals surface area contributed by atoms with Crippen molar-refractivity contribution < 1.29 is 13.6 Å². The van der Waals surface area contributed by atoms with Crippen molar-refractivity contribution in [3.8, 4) is 0 Å². The number of thioether (sulfide) groups is 1. The lowest BCUT2D eigenvalue weighted by Crippen LogP contribution is -2.10. The van der Waals surface area contributed by atoms with Crippen LogP contribution in [-0.4, -0.2) is 19.5 Å². The van der Waals surface area contributed by atoms with Crippen molar-refractivity contribution in [3.05, 3.63) is 24.3 Å². The molecule has 0 saturated carbocycles. The Bertz CT molecular complexity index is 354. The molecule has 0 aliphatic carbocycles. The van der Waals surface area contributed by atoms with Crippen molar-refractivity contribution in [2.24, 2.45) is 0 Å². The molecule has 0 amide bonds. The number of hydrogen-bond acceptors (Lipinski definition) is 4. The van der Waals surface area contributed by atoms with Gasteiger partial charge in [0.05, 0.1) is 18.5 Å². The second-order valence-electron chi connectivity index (χ2n) is 3.03. The van der Waals surface area contributed by atoms with Crippen LogP contribution in [0.5, 0.6) is 0 Å². The Balaban J connectivity index is 2.96. The highest BCUT2D eigenvalue weighted by Gasteiger charge is 2.26. The molecular weight excluding hydrogens is 243 g/mol. The first kappa shape index (κ1) is 13.8. The standard InChI is InChI=1S/C11H17O3PS/c1-4-13-15(12,14-5-2)10-6-8-11(16-3)9-7-10/h6-9H,4-5H2,1-3H3. The molecule has 0 aliphatic heterocycles. The van der Waals surface area contributed by atoms with Gasteiger partial charge in [-0.1, -0.05) is 0 Å². The van der Waals surface area contributed by atoms with Crippen molar-refractivity contribution >= 4 is 24.7 Å². The minimum absolute atomic E-state index is 0.377. The van der Waals surface area contributed by atoms with Crippen molar-refractivity contribution in [1.82, 2.24) is 0 Å². The molecule has 1 aromatic carbocycles. The van der Waals surface area contributed by atoms with E-state index >= 15 is 0 Å². The summed E-state index contributed by atoms with van der Waals surface area (Å²) in [6, 6.07) is 7.45. The van der Waals surface area contributed by atoms with Gasteiger partial charge in [0, 0.05) is 4.90 Å². The minimum Gasteiger partial charge on any atom is -0.305 e. The first-order valence-electron chi connectivity index (χ1n) is 5.20. The molecule has 1 aromatic rings. The van der Waals surface area contributed by atoms with Crippen LogP contribution in [0, 0.1) is 0 Å². The van der Waals surface area contributed by atoms with Gasteiger partial charge in [0.25, 0.3) is 0 Å². The van der Waals surface area contributed by atoms with Crippen molar-refractivity contribution in [2.45, 2.75) is 18.7 Å². The Labute approximate surface area is 101 Å². The lowest BCUT2D eigenvalue weighted by molar-refractivity contribution is 0.230. The maximum Gasteiger partial charge on any atom is 0.361 e. The fourth-order valence-electron chi connectivity index (χ4n) is 1.29. The van der Waals surface area contributed by atoms with Gasteiger partial charge in [-0.25, -0.2) is 0 Å². The molecule has 0 spiro atoms. The van der Waals surface area contributed by atoms with E-state index in [0.29, 0.717) is 18.5 Å². The van der Waals surface area contributed by atoms with Crippen molar-refractivity contribution in [2.75, 3.05) is 19.5 Å². The molecule has 0 saturated heterocycles. The van der Waals surface area contributed by atoms with Crippen molar-refractivity contribution in [3.63, 3.8) is 0 Å². The van der Waals surface area contributed by atoms with Crippen LogP contribution >= 0.6 is 19.4 Å². The Hall–Kier alpha value is -0.280. The SMILES string of the molecule is CCOP(=O)(OCC)c1ccc(SC)cc1. The second-order valence-corrected chi connectivity index (χ2v) is 5.94. The summed E-state index contributed by atoms with van der Waals surface area (Å²) in [6.07, 6.45) is 2.00. The molecule has 0 N–H and O–H groups in total. The van der Waals surface area contributed by atoms with E-state index in [4.69, 9.17) is 9.05 Å². The smallest absolute Gasteiger partial charge is 0.305 e. The molecule has 0 radical (unpaired) electrons. The van der Waals surface area contributed by atoms with Crippen LogP contribution in [0.15, 0.2) is 29.2 Å². The zero-order valence-corrected chi connectivity index (χ0v) is 11.5. The van der Waals surface area contributed by atoms with Crippen LogP contribution in [0.4, 0.5) is 0 Å². The van der Waals surface area contributed by atoms with E-state index in [-0.39, 0.29) is 0 Å². The molecule has 0 bridgehead atoms. The molecule has 0 atom stereocenters. The third-order valence-electron chi connectivity index (χ3n) is 1.99. The van der Waals surface area contributed by atoms with Gasteiger partial charge in [0.2, 0.25) is 0 Å². The Morgan fingerprint density at radius 3 is 2.00 bits per heavy atom. The predicted octanol–water partition coefficient (Wildman–Crippen LogP) is 3.30. The molecular formula is C11H17O3PS. The number of rotatable bonds is 6. The Morgan fingerprint density at radius 1 is 1.12 bits per heavy atom. The van der Waals surface area contributed by atoms with Gasteiger partial charge in [0.1, 0.15) is 0 Å². The van der Waals surface area contributed by atoms with E-state index in [2.05, 4.69) is 0 Å². The zero-order valence-electron chi connectivity index (χ0n) is 9.80. The quantitative estimate of drug-likeness (QED) is 0.580. The molecule has 5 heteroatoms. The minimum atomic E-state index is -3.11. The topological polar surface area (TPSA) is 35.5 Å². The Morgan fingerprint density at radius 2 is 1.62 bits per heavy atom. The molecule has 0 unspecified atom stereocenters. The van der Waals surface area contributed by atoms with Crippen molar-refractivity contribution in [1.29, 1.82) is 0 Å². The van der Waals surface area contributed by atoms with Crippen LogP contribution in [0.25, 0.3) is 0 Å². The maximum atomic E-state index is 12.4.